The number of halogens is 2. The van der Waals surface area contributed by atoms with Gasteiger partial charge in [-0.25, -0.2) is 15.0 Å². The van der Waals surface area contributed by atoms with Crippen LogP contribution in [-0.4, -0.2) is 26.5 Å². The Balaban J connectivity index is 1.71. The number of H-pyrrole nitrogens is 1. The molecule has 2 aromatic heterocycles. The molecule has 7 heteroatoms. The molecule has 0 atom stereocenters. The van der Waals surface area contributed by atoms with Gasteiger partial charge in [0.2, 0.25) is 0 Å². The molecule has 2 N–H and O–H groups in total. The first-order valence-corrected chi connectivity index (χ1v) is 7.23. The molecule has 0 unspecified atom stereocenters. The second-order valence-electron chi connectivity index (χ2n) is 4.24. The lowest BCUT2D eigenvalue weighted by atomic mass is 10.1. The maximum absolute atomic E-state index is 6.00. The summed E-state index contributed by atoms with van der Waals surface area (Å²) in [5.74, 6) is 0.755. The minimum atomic E-state index is 0.659. The molecule has 2 heterocycles. The van der Waals surface area contributed by atoms with Crippen LogP contribution in [0.4, 0.5) is 5.82 Å². The van der Waals surface area contributed by atoms with Crippen molar-refractivity contribution in [1.82, 2.24) is 19.9 Å². The normalized spacial score (nSPS) is 10.9. The van der Waals surface area contributed by atoms with Gasteiger partial charge >= 0.3 is 0 Å². The van der Waals surface area contributed by atoms with Gasteiger partial charge in [-0.1, -0.05) is 27.5 Å². The molecule has 0 spiro atoms. The zero-order chi connectivity index (χ0) is 13.9. The predicted octanol–water partition coefficient (Wildman–Crippen LogP) is 3.42. The molecule has 5 nitrogen and oxygen atoms in total. The lowest BCUT2D eigenvalue weighted by molar-refractivity contribution is 0.999. The van der Waals surface area contributed by atoms with Gasteiger partial charge in [0.1, 0.15) is 11.8 Å². The average Bonchev–Trinajstić information content (AvgIpc) is 2.92. The molecular weight excluding hydrogens is 342 g/mol. The molecule has 0 bridgehead atoms. The van der Waals surface area contributed by atoms with Crippen molar-refractivity contribution in [2.45, 2.75) is 6.42 Å². The van der Waals surface area contributed by atoms with Gasteiger partial charge < -0.3 is 10.3 Å². The summed E-state index contributed by atoms with van der Waals surface area (Å²) >= 11 is 9.52. The number of imidazole rings is 1. The number of fused-ring (bicyclic) bond motifs is 1. The summed E-state index contributed by atoms with van der Waals surface area (Å²) in [6, 6.07) is 5.77. The van der Waals surface area contributed by atoms with Crippen LogP contribution in [0.3, 0.4) is 0 Å². The van der Waals surface area contributed by atoms with E-state index in [0.29, 0.717) is 5.65 Å². The van der Waals surface area contributed by atoms with Crippen molar-refractivity contribution in [2.75, 3.05) is 11.9 Å². The number of aromatic amines is 1. The van der Waals surface area contributed by atoms with Crippen LogP contribution in [0.25, 0.3) is 11.2 Å². The molecule has 0 aliphatic heterocycles. The molecule has 0 saturated carbocycles. The summed E-state index contributed by atoms with van der Waals surface area (Å²) in [5.41, 5.74) is 2.63. The fourth-order valence-electron chi connectivity index (χ4n) is 1.95. The average molecular weight is 353 g/mol. The predicted molar refractivity (Wildman–Crippen MR) is 83.0 cm³/mol. The van der Waals surface area contributed by atoms with E-state index in [1.807, 2.05) is 18.2 Å². The number of rotatable bonds is 4. The van der Waals surface area contributed by atoms with Crippen LogP contribution in [-0.2, 0) is 6.42 Å². The molecule has 20 heavy (non-hydrogen) atoms. The third-order valence-corrected chi connectivity index (χ3v) is 3.93. The molecular formula is C13H11BrClN5. The number of hydrogen-bond donors (Lipinski definition) is 2. The number of aromatic nitrogens is 4. The number of nitrogens with zero attached hydrogens (tertiary/aromatic N) is 3. The molecule has 0 aliphatic rings. The molecule has 0 fully saturated rings. The van der Waals surface area contributed by atoms with Crippen molar-refractivity contribution in [2.24, 2.45) is 0 Å². The second-order valence-corrected chi connectivity index (χ2v) is 5.53. The fraction of sp³-hybridized carbons (Fsp3) is 0.154. The first kappa shape index (κ1) is 13.3. The van der Waals surface area contributed by atoms with Gasteiger partial charge in [0.15, 0.2) is 11.5 Å². The van der Waals surface area contributed by atoms with Gasteiger partial charge in [0.25, 0.3) is 0 Å². The summed E-state index contributed by atoms with van der Waals surface area (Å²) in [6.45, 7) is 0.740. The van der Waals surface area contributed by atoms with Crippen LogP contribution in [0, 0.1) is 0 Å². The zero-order valence-electron chi connectivity index (χ0n) is 10.4. The maximum atomic E-state index is 6.00. The molecule has 102 valence electrons. The van der Waals surface area contributed by atoms with Gasteiger partial charge in [0, 0.05) is 16.0 Å². The monoisotopic (exact) mass is 351 g/mol. The highest BCUT2D eigenvalue weighted by molar-refractivity contribution is 9.10. The largest absolute Gasteiger partial charge is 0.368 e. The van der Waals surface area contributed by atoms with Crippen molar-refractivity contribution >= 4 is 44.5 Å². The number of nitrogens with one attached hydrogen (secondary N) is 2. The second kappa shape index (κ2) is 5.76. The Bertz CT molecular complexity index is 742. The molecule has 0 aliphatic carbocycles. The van der Waals surface area contributed by atoms with Crippen LogP contribution in [0.15, 0.2) is 35.3 Å². The van der Waals surface area contributed by atoms with Gasteiger partial charge in [-0.2, -0.15) is 0 Å². The maximum Gasteiger partial charge on any atom is 0.182 e. The summed E-state index contributed by atoms with van der Waals surface area (Å²) in [5, 5.41) is 4.02. The van der Waals surface area contributed by atoms with E-state index in [2.05, 4.69) is 41.2 Å². The van der Waals surface area contributed by atoms with Crippen molar-refractivity contribution < 1.29 is 0 Å². The minimum absolute atomic E-state index is 0.659. The van der Waals surface area contributed by atoms with Crippen LogP contribution >= 0.6 is 27.5 Å². The van der Waals surface area contributed by atoms with Crippen LogP contribution < -0.4 is 5.32 Å². The highest BCUT2D eigenvalue weighted by atomic mass is 79.9. The molecule has 0 saturated heterocycles. The third-order valence-electron chi connectivity index (χ3n) is 2.92. The summed E-state index contributed by atoms with van der Waals surface area (Å²) in [6.07, 6.45) is 3.94. The highest BCUT2D eigenvalue weighted by Gasteiger charge is 2.06. The Labute approximate surface area is 128 Å². The standard InChI is InChI=1S/C13H11BrClN5/c14-10-2-1-9(15)5-8(10)3-4-16-12-11-13(18-6-17-11)20-7-19-12/h1-2,5-7H,3-4H2,(H2,16,17,18,19,20). The molecule has 0 amide bonds. The van der Waals surface area contributed by atoms with Gasteiger partial charge in [-0.05, 0) is 30.2 Å². The van der Waals surface area contributed by atoms with E-state index in [-0.39, 0.29) is 0 Å². The topological polar surface area (TPSA) is 66.5 Å². The molecule has 0 radical (unpaired) electrons. The lowest BCUT2D eigenvalue weighted by Gasteiger charge is -2.08. The van der Waals surface area contributed by atoms with Gasteiger partial charge in [-0.3, -0.25) is 0 Å². The van der Waals surface area contributed by atoms with E-state index in [4.69, 9.17) is 11.6 Å². The summed E-state index contributed by atoms with van der Waals surface area (Å²) < 4.78 is 1.05. The van der Waals surface area contributed by atoms with Crippen LogP contribution in [0.1, 0.15) is 5.56 Å². The minimum Gasteiger partial charge on any atom is -0.368 e. The first-order chi connectivity index (χ1) is 9.74. The highest BCUT2D eigenvalue weighted by Crippen LogP contribution is 2.22. The van der Waals surface area contributed by atoms with Gasteiger partial charge in [0.05, 0.1) is 6.33 Å². The fourth-order valence-corrected chi connectivity index (χ4v) is 2.59. The molecule has 1 aromatic carbocycles. The Morgan fingerprint density at radius 2 is 2.15 bits per heavy atom. The summed E-state index contributed by atoms with van der Waals surface area (Å²) in [4.78, 5) is 15.4. The Kier molecular flexibility index (Phi) is 3.84. The van der Waals surface area contributed by atoms with Gasteiger partial charge in [-0.15, -0.1) is 0 Å². The quantitative estimate of drug-likeness (QED) is 0.755. The SMILES string of the molecule is Clc1ccc(Br)c(CCNc2ncnc3nc[nH]c23)c1. The number of benzene rings is 1. The zero-order valence-corrected chi connectivity index (χ0v) is 12.7. The number of hydrogen-bond acceptors (Lipinski definition) is 4. The molecule has 3 aromatic rings. The Morgan fingerprint density at radius 1 is 1.25 bits per heavy atom. The van der Waals surface area contributed by atoms with Crippen LogP contribution in [0.5, 0.6) is 0 Å². The first-order valence-electron chi connectivity index (χ1n) is 6.06. The van der Waals surface area contributed by atoms with E-state index in [1.54, 1.807) is 6.33 Å². The smallest absolute Gasteiger partial charge is 0.182 e. The number of anilines is 1. The van der Waals surface area contributed by atoms with E-state index in [0.717, 1.165) is 39.4 Å². The Hall–Kier alpha value is -1.66. The Morgan fingerprint density at radius 3 is 3.05 bits per heavy atom. The van der Waals surface area contributed by atoms with Crippen molar-refractivity contribution in [3.8, 4) is 0 Å². The van der Waals surface area contributed by atoms with Crippen molar-refractivity contribution in [1.29, 1.82) is 0 Å². The van der Waals surface area contributed by atoms with E-state index >= 15 is 0 Å². The molecule has 3 rings (SSSR count). The van der Waals surface area contributed by atoms with Crippen molar-refractivity contribution in [3.63, 3.8) is 0 Å². The van der Waals surface area contributed by atoms with Crippen molar-refractivity contribution in [3.05, 3.63) is 45.9 Å². The summed E-state index contributed by atoms with van der Waals surface area (Å²) in [7, 11) is 0. The third kappa shape index (κ3) is 2.76. The lowest BCUT2D eigenvalue weighted by Crippen LogP contribution is -2.07. The van der Waals surface area contributed by atoms with E-state index in [1.165, 1.54) is 6.33 Å². The van der Waals surface area contributed by atoms with E-state index < -0.39 is 0 Å². The van der Waals surface area contributed by atoms with Crippen LogP contribution in [0.2, 0.25) is 5.02 Å². The van der Waals surface area contributed by atoms with E-state index in [9.17, 15) is 0 Å².